The van der Waals surface area contributed by atoms with E-state index in [2.05, 4.69) is 10.0 Å². The first-order chi connectivity index (χ1) is 8.41. The molecule has 1 saturated heterocycles. The zero-order valence-corrected chi connectivity index (χ0v) is 12.8. The van der Waals surface area contributed by atoms with Crippen molar-refractivity contribution in [2.45, 2.75) is 70.9 Å². The highest BCUT2D eigenvalue weighted by molar-refractivity contribution is 7.89. The third-order valence-corrected chi connectivity index (χ3v) is 5.69. The molecule has 1 rings (SSSR count). The van der Waals surface area contributed by atoms with E-state index in [9.17, 15) is 8.42 Å². The predicted molar refractivity (Wildman–Crippen MR) is 76.2 cm³/mol. The van der Waals surface area contributed by atoms with E-state index in [1.54, 1.807) is 0 Å². The van der Waals surface area contributed by atoms with Crippen molar-refractivity contribution in [2.24, 2.45) is 0 Å². The zero-order valence-electron chi connectivity index (χ0n) is 12.0. The van der Waals surface area contributed by atoms with Crippen LogP contribution in [0.15, 0.2) is 0 Å². The lowest BCUT2D eigenvalue weighted by molar-refractivity contribution is 0.379. The molecule has 0 bridgehead atoms. The van der Waals surface area contributed by atoms with Gasteiger partial charge in [0, 0.05) is 11.6 Å². The zero-order chi connectivity index (χ0) is 13.6. The summed E-state index contributed by atoms with van der Waals surface area (Å²) in [5, 5.41) is 3.39. The molecular weight excluding hydrogens is 248 g/mol. The Morgan fingerprint density at radius 2 is 1.94 bits per heavy atom. The molecule has 0 saturated carbocycles. The van der Waals surface area contributed by atoms with E-state index in [1.165, 1.54) is 12.8 Å². The molecule has 2 N–H and O–H groups in total. The maximum atomic E-state index is 12.1. The molecular formula is C13H28N2O2S. The minimum atomic E-state index is -3.15. The fourth-order valence-electron chi connectivity index (χ4n) is 2.29. The number of sulfonamides is 1. The van der Waals surface area contributed by atoms with Gasteiger partial charge in [-0.1, -0.05) is 20.3 Å². The minimum Gasteiger partial charge on any atom is -0.314 e. The Kier molecular flexibility index (Phi) is 6.08. The molecule has 1 aliphatic rings. The topological polar surface area (TPSA) is 58.2 Å². The van der Waals surface area contributed by atoms with Crippen molar-refractivity contribution in [3.63, 3.8) is 0 Å². The molecule has 4 nitrogen and oxygen atoms in total. The summed E-state index contributed by atoms with van der Waals surface area (Å²) < 4.78 is 27.0. The van der Waals surface area contributed by atoms with E-state index in [1.807, 2.05) is 20.8 Å². The molecule has 0 aromatic heterocycles. The second-order valence-corrected chi connectivity index (χ2v) is 7.47. The number of hydrogen-bond acceptors (Lipinski definition) is 3. The molecule has 1 atom stereocenters. The first kappa shape index (κ1) is 15.9. The maximum absolute atomic E-state index is 12.1. The van der Waals surface area contributed by atoms with E-state index < -0.39 is 10.0 Å². The van der Waals surface area contributed by atoms with Crippen LogP contribution >= 0.6 is 0 Å². The molecule has 0 aliphatic carbocycles. The van der Waals surface area contributed by atoms with Gasteiger partial charge >= 0.3 is 0 Å². The van der Waals surface area contributed by atoms with Gasteiger partial charge in [0.15, 0.2) is 0 Å². The van der Waals surface area contributed by atoms with Crippen LogP contribution in [0.3, 0.4) is 0 Å². The monoisotopic (exact) mass is 276 g/mol. The van der Waals surface area contributed by atoms with Gasteiger partial charge in [0.2, 0.25) is 10.0 Å². The molecule has 108 valence electrons. The molecule has 0 radical (unpaired) electrons. The molecule has 0 aromatic carbocycles. The summed E-state index contributed by atoms with van der Waals surface area (Å²) in [5.41, 5.74) is -0.293. The van der Waals surface area contributed by atoms with E-state index in [4.69, 9.17) is 0 Å². The van der Waals surface area contributed by atoms with Gasteiger partial charge in [0.05, 0.1) is 5.75 Å². The van der Waals surface area contributed by atoms with E-state index in [-0.39, 0.29) is 11.3 Å². The smallest absolute Gasteiger partial charge is 0.212 e. The van der Waals surface area contributed by atoms with Crippen LogP contribution in [0.2, 0.25) is 0 Å². The van der Waals surface area contributed by atoms with Gasteiger partial charge < -0.3 is 5.32 Å². The van der Waals surface area contributed by atoms with Crippen molar-refractivity contribution >= 4 is 10.0 Å². The van der Waals surface area contributed by atoms with Gasteiger partial charge in [-0.15, -0.1) is 0 Å². The lowest BCUT2D eigenvalue weighted by Gasteiger charge is -2.29. The number of rotatable bonds is 7. The highest BCUT2D eigenvalue weighted by Crippen LogP contribution is 2.16. The second-order valence-electron chi connectivity index (χ2n) is 5.62. The molecule has 1 unspecified atom stereocenters. The van der Waals surface area contributed by atoms with Crippen LogP contribution in [0, 0.1) is 0 Å². The quantitative estimate of drug-likeness (QED) is 0.748. The van der Waals surface area contributed by atoms with Crippen LogP contribution < -0.4 is 10.0 Å². The number of hydrogen-bond donors (Lipinski definition) is 2. The van der Waals surface area contributed by atoms with Gasteiger partial charge in [-0.25, -0.2) is 13.1 Å². The van der Waals surface area contributed by atoms with Crippen LogP contribution in [0.25, 0.3) is 0 Å². The largest absolute Gasteiger partial charge is 0.314 e. The maximum Gasteiger partial charge on any atom is 0.212 e. The third kappa shape index (κ3) is 5.24. The van der Waals surface area contributed by atoms with Crippen molar-refractivity contribution in [3.8, 4) is 0 Å². The summed E-state index contributed by atoms with van der Waals surface area (Å²) >= 11 is 0. The fraction of sp³-hybridized carbons (Fsp3) is 1.00. The molecule has 0 amide bonds. The first-order valence-electron chi connectivity index (χ1n) is 7.16. The number of nitrogens with one attached hydrogen (secondary N) is 2. The Hall–Kier alpha value is -0.130. The van der Waals surface area contributed by atoms with E-state index >= 15 is 0 Å². The van der Waals surface area contributed by atoms with Crippen molar-refractivity contribution in [1.82, 2.24) is 10.0 Å². The summed E-state index contributed by atoms with van der Waals surface area (Å²) in [5.74, 6) is 0.236. The van der Waals surface area contributed by atoms with Crippen molar-refractivity contribution in [3.05, 3.63) is 0 Å². The van der Waals surface area contributed by atoms with E-state index in [0.717, 1.165) is 32.2 Å². The predicted octanol–water partition coefficient (Wildman–Crippen LogP) is 2.02. The van der Waals surface area contributed by atoms with E-state index in [0.29, 0.717) is 6.04 Å². The van der Waals surface area contributed by atoms with Crippen molar-refractivity contribution < 1.29 is 8.42 Å². The van der Waals surface area contributed by atoms with Crippen molar-refractivity contribution in [2.75, 3.05) is 12.3 Å². The Balaban J connectivity index is 2.43. The van der Waals surface area contributed by atoms with Crippen LogP contribution in [-0.2, 0) is 10.0 Å². The lowest BCUT2D eigenvalue weighted by atomic mass is 9.98. The summed E-state index contributed by atoms with van der Waals surface area (Å²) in [7, 11) is -3.15. The summed E-state index contributed by atoms with van der Waals surface area (Å²) in [6.07, 6.45) is 5.90. The van der Waals surface area contributed by atoms with Crippen molar-refractivity contribution in [1.29, 1.82) is 0 Å². The molecule has 1 fully saturated rings. The summed E-state index contributed by atoms with van der Waals surface area (Å²) in [6, 6.07) is 0.379. The standard InChI is InChI=1S/C13H28N2O2S/c1-4-13(3,5-2)15-18(16,17)11-9-12-8-6-7-10-14-12/h12,14-15H,4-11H2,1-3H3. The highest BCUT2D eigenvalue weighted by atomic mass is 32.2. The van der Waals surface area contributed by atoms with Crippen LogP contribution in [-0.4, -0.2) is 32.3 Å². The average molecular weight is 276 g/mol. The molecule has 0 spiro atoms. The van der Waals surface area contributed by atoms with Gasteiger partial charge in [0.1, 0.15) is 0 Å². The Bertz CT molecular complexity index is 331. The normalized spacial score (nSPS) is 22.1. The Morgan fingerprint density at radius 3 is 2.44 bits per heavy atom. The second kappa shape index (κ2) is 6.87. The van der Waals surface area contributed by atoms with Gasteiger partial charge in [0.25, 0.3) is 0 Å². The molecule has 5 heteroatoms. The average Bonchev–Trinajstić information content (AvgIpc) is 2.37. The lowest BCUT2D eigenvalue weighted by Crippen LogP contribution is -2.46. The minimum absolute atomic E-state index is 0.236. The molecule has 1 heterocycles. The van der Waals surface area contributed by atoms with Gasteiger partial charge in [-0.2, -0.15) is 0 Å². The van der Waals surface area contributed by atoms with Crippen LogP contribution in [0.1, 0.15) is 59.3 Å². The van der Waals surface area contributed by atoms with Crippen LogP contribution in [0.5, 0.6) is 0 Å². The summed E-state index contributed by atoms with van der Waals surface area (Å²) in [6.45, 7) is 7.05. The Morgan fingerprint density at radius 1 is 1.28 bits per heavy atom. The number of piperidine rings is 1. The first-order valence-corrected chi connectivity index (χ1v) is 8.81. The third-order valence-electron chi connectivity index (χ3n) is 4.11. The van der Waals surface area contributed by atoms with Gasteiger partial charge in [-0.3, -0.25) is 0 Å². The molecule has 0 aromatic rings. The SMILES string of the molecule is CCC(C)(CC)NS(=O)(=O)CCC1CCCCN1. The fourth-order valence-corrected chi connectivity index (χ4v) is 4.02. The van der Waals surface area contributed by atoms with Gasteiger partial charge in [-0.05, 0) is 45.6 Å². The molecule has 1 aliphatic heterocycles. The Labute approximate surface area is 112 Å². The van der Waals surface area contributed by atoms with Crippen LogP contribution in [0.4, 0.5) is 0 Å². The summed E-state index contributed by atoms with van der Waals surface area (Å²) in [4.78, 5) is 0. The highest BCUT2D eigenvalue weighted by Gasteiger charge is 2.26. The molecule has 18 heavy (non-hydrogen) atoms.